The van der Waals surface area contributed by atoms with Gasteiger partial charge in [-0.25, -0.2) is 8.42 Å². The zero-order valence-electron chi connectivity index (χ0n) is 12.6. The predicted molar refractivity (Wildman–Crippen MR) is 83.3 cm³/mol. The number of rotatable bonds is 4. The number of aryl methyl sites for hydroxylation is 2. The van der Waals surface area contributed by atoms with Gasteiger partial charge in [-0.3, -0.25) is 4.98 Å². The van der Waals surface area contributed by atoms with Gasteiger partial charge in [-0.2, -0.15) is 4.31 Å². The van der Waals surface area contributed by atoms with E-state index in [0.29, 0.717) is 23.7 Å². The molecule has 5 nitrogen and oxygen atoms in total. The Morgan fingerprint density at radius 1 is 1.23 bits per heavy atom. The second-order valence-electron chi connectivity index (χ2n) is 5.52. The van der Waals surface area contributed by atoms with Crippen molar-refractivity contribution in [3.8, 4) is 5.75 Å². The van der Waals surface area contributed by atoms with Crippen LogP contribution in [0.1, 0.15) is 11.1 Å². The molecule has 2 aromatic rings. The molecule has 0 atom stereocenters. The van der Waals surface area contributed by atoms with Crippen LogP contribution in [0.15, 0.2) is 47.6 Å². The number of ether oxygens (including phenoxy) is 1. The van der Waals surface area contributed by atoms with Gasteiger partial charge in [0.15, 0.2) is 0 Å². The van der Waals surface area contributed by atoms with Crippen molar-refractivity contribution in [3.63, 3.8) is 0 Å². The second-order valence-corrected chi connectivity index (χ2v) is 7.43. The maximum atomic E-state index is 12.6. The maximum Gasteiger partial charge on any atom is 0.243 e. The third-order valence-corrected chi connectivity index (χ3v) is 5.69. The summed E-state index contributed by atoms with van der Waals surface area (Å²) in [5.74, 6) is 0.663. The molecule has 0 N–H and O–H groups in total. The molecule has 1 aliphatic heterocycles. The highest BCUT2D eigenvalue weighted by Crippen LogP contribution is 2.26. The summed E-state index contributed by atoms with van der Waals surface area (Å²) in [7, 11) is -3.44. The van der Waals surface area contributed by atoms with Crippen LogP contribution in [0, 0.1) is 13.8 Å². The Bertz CT molecular complexity index is 769. The van der Waals surface area contributed by atoms with Gasteiger partial charge in [-0.05, 0) is 43.2 Å². The lowest BCUT2D eigenvalue weighted by atomic mass is 10.2. The van der Waals surface area contributed by atoms with E-state index in [4.69, 9.17) is 4.74 Å². The van der Waals surface area contributed by atoms with E-state index in [-0.39, 0.29) is 6.10 Å². The number of hydrogen-bond donors (Lipinski definition) is 0. The van der Waals surface area contributed by atoms with Crippen LogP contribution in [-0.2, 0) is 10.0 Å². The maximum absolute atomic E-state index is 12.6. The minimum atomic E-state index is -3.44. The molecule has 1 aromatic carbocycles. The molecule has 22 heavy (non-hydrogen) atoms. The summed E-state index contributed by atoms with van der Waals surface area (Å²) in [5, 5.41) is 0. The number of pyridine rings is 1. The highest BCUT2D eigenvalue weighted by Gasteiger charge is 2.38. The second kappa shape index (κ2) is 5.70. The van der Waals surface area contributed by atoms with Gasteiger partial charge in [0.2, 0.25) is 10.0 Å². The first-order valence-corrected chi connectivity index (χ1v) is 8.55. The van der Waals surface area contributed by atoms with Crippen LogP contribution in [-0.4, -0.2) is 36.9 Å². The molecular formula is C16H18N2O3S. The molecule has 6 heteroatoms. The molecule has 0 aliphatic carbocycles. The van der Waals surface area contributed by atoms with Crippen molar-refractivity contribution in [2.45, 2.75) is 24.8 Å². The van der Waals surface area contributed by atoms with Crippen LogP contribution < -0.4 is 4.74 Å². The molecule has 2 heterocycles. The van der Waals surface area contributed by atoms with Gasteiger partial charge >= 0.3 is 0 Å². The number of sulfonamides is 1. The van der Waals surface area contributed by atoms with E-state index >= 15 is 0 Å². The molecule has 3 rings (SSSR count). The Labute approximate surface area is 130 Å². The first kappa shape index (κ1) is 15.0. The van der Waals surface area contributed by atoms with Crippen LogP contribution in [0.3, 0.4) is 0 Å². The van der Waals surface area contributed by atoms with E-state index in [1.807, 2.05) is 32.0 Å². The SMILES string of the molecule is Cc1ccc(C)c(S(=O)(=O)N2CC(Oc3cccnc3)C2)c1. The van der Waals surface area contributed by atoms with E-state index in [0.717, 1.165) is 11.1 Å². The first-order valence-electron chi connectivity index (χ1n) is 7.11. The fourth-order valence-electron chi connectivity index (χ4n) is 2.41. The van der Waals surface area contributed by atoms with Crippen molar-refractivity contribution in [1.82, 2.24) is 9.29 Å². The summed E-state index contributed by atoms with van der Waals surface area (Å²) in [5.41, 5.74) is 1.70. The van der Waals surface area contributed by atoms with Crippen LogP contribution in [0.4, 0.5) is 0 Å². The highest BCUT2D eigenvalue weighted by atomic mass is 32.2. The zero-order valence-corrected chi connectivity index (χ0v) is 13.4. The van der Waals surface area contributed by atoms with Crippen molar-refractivity contribution >= 4 is 10.0 Å². The third kappa shape index (κ3) is 2.84. The lowest BCUT2D eigenvalue weighted by molar-refractivity contribution is 0.0758. The van der Waals surface area contributed by atoms with Crippen molar-refractivity contribution in [2.24, 2.45) is 0 Å². The van der Waals surface area contributed by atoms with E-state index in [2.05, 4.69) is 4.98 Å². The average Bonchev–Trinajstić information content (AvgIpc) is 2.45. The molecule has 1 aromatic heterocycles. The molecule has 1 saturated heterocycles. The summed E-state index contributed by atoms with van der Waals surface area (Å²) in [6.45, 7) is 4.44. The van der Waals surface area contributed by atoms with Gasteiger partial charge in [0.1, 0.15) is 11.9 Å². The fraction of sp³-hybridized carbons (Fsp3) is 0.312. The van der Waals surface area contributed by atoms with Crippen molar-refractivity contribution in [1.29, 1.82) is 0 Å². The summed E-state index contributed by atoms with van der Waals surface area (Å²) >= 11 is 0. The van der Waals surface area contributed by atoms with Gasteiger partial charge in [-0.1, -0.05) is 12.1 Å². The Morgan fingerprint density at radius 2 is 2.00 bits per heavy atom. The normalized spacial score (nSPS) is 16.3. The van der Waals surface area contributed by atoms with Gasteiger partial charge in [0.25, 0.3) is 0 Å². The van der Waals surface area contributed by atoms with Crippen molar-refractivity contribution in [2.75, 3.05) is 13.1 Å². The fourth-order valence-corrected chi connectivity index (χ4v) is 4.22. The monoisotopic (exact) mass is 318 g/mol. The molecule has 1 fully saturated rings. The largest absolute Gasteiger partial charge is 0.486 e. The lowest BCUT2D eigenvalue weighted by Gasteiger charge is -2.38. The Hall–Kier alpha value is -1.92. The summed E-state index contributed by atoms with van der Waals surface area (Å²) in [6.07, 6.45) is 3.18. The zero-order chi connectivity index (χ0) is 15.7. The summed E-state index contributed by atoms with van der Waals surface area (Å²) < 4.78 is 32.4. The van der Waals surface area contributed by atoms with Gasteiger partial charge in [-0.15, -0.1) is 0 Å². The van der Waals surface area contributed by atoms with Gasteiger partial charge in [0.05, 0.1) is 24.2 Å². The molecule has 0 unspecified atom stereocenters. The van der Waals surface area contributed by atoms with E-state index in [9.17, 15) is 8.42 Å². The van der Waals surface area contributed by atoms with Gasteiger partial charge < -0.3 is 4.74 Å². The van der Waals surface area contributed by atoms with E-state index in [1.54, 1.807) is 24.5 Å². The standard InChI is InChI=1S/C16H18N2O3S/c1-12-5-6-13(2)16(8-12)22(19,20)18-10-15(11-18)21-14-4-3-7-17-9-14/h3-9,15H,10-11H2,1-2H3. The lowest BCUT2D eigenvalue weighted by Crippen LogP contribution is -2.56. The van der Waals surface area contributed by atoms with Crippen LogP contribution in [0.25, 0.3) is 0 Å². The molecule has 0 spiro atoms. The molecular weight excluding hydrogens is 300 g/mol. The number of benzene rings is 1. The summed E-state index contributed by atoms with van der Waals surface area (Å²) in [6, 6.07) is 9.08. The molecule has 0 saturated carbocycles. The molecule has 0 bridgehead atoms. The quantitative estimate of drug-likeness (QED) is 0.867. The smallest absolute Gasteiger partial charge is 0.243 e. The number of hydrogen-bond acceptors (Lipinski definition) is 4. The van der Waals surface area contributed by atoms with E-state index in [1.165, 1.54) is 4.31 Å². The van der Waals surface area contributed by atoms with Crippen molar-refractivity contribution in [3.05, 3.63) is 53.9 Å². The van der Waals surface area contributed by atoms with Crippen LogP contribution in [0.2, 0.25) is 0 Å². The molecule has 1 aliphatic rings. The number of nitrogens with zero attached hydrogens (tertiary/aromatic N) is 2. The average molecular weight is 318 g/mol. The summed E-state index contributed by atoms with van der Waals surface area (Å²) in [4.78, 5) is 4.36. The minimum absolute atomic E-state index is 0.121. The Balaban J connectivity index is 1.70. The molecule has 0 amide bonds. The molecule has 0 radical (unpaired) electrons. The van der Waals surface area contributed by atoms with Crippen molar-refractivity contribution < 1.29 is 13.2 Å². The topological polar surface area (TPSA) is 59.5 Å². The first-order chi connectivity index (χ1) is 10.5. The minimum Gasteiger partial charge on any atom is -0.486 e. The highest BCUT2D eigenvalue weighted by molar-refractivity contribution is 7.89. The van der Waals surface area contributed by atoms with Crippen LogP contribution >= 0.6 is 0 Å². The predicted octanol–water partition coefficient (Wildman–Crippen LogP) is 2.15. The number of aromatic nitrogens is 1. The third-order valence-electron chi connectivity index (χ3n) is 3.71. The van der Waals surface area contributed by atoms with E-state index < -0.39 is 10.0 Å². The Morgan fingerprint density at radius 3 is 2.68 bits per heavy atom. The Kier molecular flexibility index (Phi) is 3.88. The molecule has 116 valence electrons. The van der Waals surface area contributed by atoms with Crippen LogP contribution in [0.5, 0.6) is 5.75 Å². The van der Waals surface area contributed by atoms with Gasteiger partial charge in [0, 0.05) is 6.20 Å².